The topological polar surface area (TPSA) is 31.4 Å². The number of pyridine rings is 1. The maximum Gasteiger partial charge on any atom is 0.165 e. The average Bonchev–Trinajstić information content (AvgIpc) is 2.53. The van der Waals surface area contributed by atoms with Gasteiger partial charge in [-0.05, 0) is 29.7 Å². The zero-order chi connectivity index (χ0) is 14.5. The van der Waals surface area contributed by atoms with Crippen LogP contribution in [0.25, 0.3) is 0 Å². The summed E-state index contributed by atoms with van der Waals surface area (Å²) in [6.07, 6.45) is 3.63. The summed E-state index contributed by atoms with van der Waals surface area (Å²) < 4.78 is 10.9. The van der Waals surface area contributed by atoms with Gasteiger partial charge in [-0.15, -0.1) is 0 Å². The van der Waals surface area contributed by atoms with Gasteiger partial charge in [-0.1, -0.05) is 35.0 Å². The predicted molar refractivity (Wildman–Crippen MR) is 83.9 cm³/mol. The molecule has 0 fully saturated rings. The molecule has 3 nitrogen and oxygen atoms in total. The maximum atomic E-state index is 5.51. The molecule has 0 N–H and O–H groups in total. The standard InChI is InChI=1S/C16H18BrNO2/c1-11(12-7-9-18-10-8-12)15(17)13-5-4-6-14(19-2)16(13)20-3/h4-11,15H,1-3H3. The summed E-state index contributed by atoms with van der Waals surface area (Å²) in [7, 11) is 3.31. The van der Waals surface area contributed by atoms with E-state index in [-0.39, 0.29) is 4.83 Å². The van der Waals surface area contributed by atoms with Crippen LogP contribution in [-0.4, -0.2) is 19.2 Å². The Morgan fingerprint density at radius 3 is 2.35 bits per heavy atom. The predicted octanol–water partition coefficient (Wildman–Crippen LogP) is 4.34. The number of benzene rings is 1. The molecular weight excluding hydrogens is 318 g/mol. The quantitative estimate of drug-likeness (QED) is 0.761. The van der Waals surface area contributed by atoms with Crippen LogP contribution in [0.3, 0.4) is 0 Å². The molecule has 2 rings (SSSR count). The van der Waals surface area contributed by atoms with E-state index < -0.39 is 0 Å². The van der Waals surface area contributed by atoms with E-state index in [9.17, 15) is 0 Å². The van der Waals surface area contributed by atoms with E-state index in [2.05, 4.69) is 33.9 Å². The van der Waals surface area contributed by atoms with E-state index in [1.54, 1.807) is 14.2 Å². The van der Waals surface area contributed by atoms with Crippen molar-refractivity contribution in [1.29, 1.82) is 0 Å². The zero-order valence-electron chi connectivity index (χ0n) is 11.8. The molecule has 0 radical (unpaired) electrons. The Hall–Kier alpha value is -1.55. The number of alkyl halides is 1. The largest absolute Gasteiger partial charge is 0.493 e. The number of nitrogens with zero attached hydrogens (tertiary/aromatic N) is 1. The lowest BCUT2D eigenvalue weighted by Gasteiger charge is -2.22. The first-order chi connectivity index (χ1) is 9.69. The Kier molecular flexibility index (Phi) is 5.01. The van der Waals surface area contributed by atoms with Crippen molar-refractivity contribution in [3.63, 3.8) is 0 Å². The maximum absolute atomic E-state index is 5.51. The Bertz CT molecular complexity index is 560. The number of para-hydroxylation sites is 1. The van der Waals surface area contributed by atoms with Gasteiger partial charge in [0.05, 0.1) is 14.2 Å². The van der Waals surface area contributed by atoms with Crippen LogP contribution in [0.4, 0.5) is 0 Å². The van der Waals surface area contributed by atoms with Gasteiger partial charge in [-0.25, -0.2) is 0 Å². The molecule has 0 amide bonds. The lowest BCUT2D eigenvalue weighted by Crippen LogP contribution is -2.05. The van der Waals surface area contributed by atoms with Gasteiger partial charge in [0, 0.05) is 22.8 Å². The third-order valence-corrected chi connectivity index (χ3v) is 4.69. The van der Waals surface area contributed by atoms with Gasteiger partial charge in [0.2, 0.25) is 0 Å². The van der Waals surface area contributed by atoms with Crippen LogP contribution >= 0.6 is 15.9 Å². The SMILES string of the molecule is COc1cccc(C(Br)C(C)c2ccncc2)c1OC. The van der Waals surface area contributed by atoms with E-state index in [4.69, 9.17) is 9.47 Å². The summed E-state index contributed by atoms with van der Waals surface area (Å²) in [6.45, 7) is 2.17. The van der Waals surface area contributed by atoms with Crippen LogP contribution < -0.4 is 9.47 Å². The van der Waals surface area contributed by atoms with Crippen LogP contribution in [0.15, 0.2) is 42.7 Å². The van der Waals surface area contributed by atoms with Crippen molar-refractivity contribution in [2.45, 2.75) is 17.7 Å². The first-order valence-electron chi connectivity index (χ1n) is 6.44. The second-order valence-electron chi connectivity index (χ2n) is 4.55. The van der Waals surface area contributed by atoms with Crippen molar-refractivity contribution in [1.82, 2.24) is 4.98 Å². The first-order valence-corrected chi connectivity index (χ1v) is 7.35. The van der Waals surface area contributed by atoms with Crippen LogP contribution in [0.5, 0.6) is 11.5 Å². The second kappa shape index (κ2) is 6.75. The van der Waals surface area contributed by atoms with Crippen molar-refractivity contribution in [2.24, 2.45) is 0 Å². The number of ether oxygens (including phenoxy) is 2. The van der Waals surface area contributed by atoms with Crippen molar-refractivity contribution in [2.75, 3.05) is 14.2 Å². The fraction of sp³-hybridized carbons (Fsp3) is 0.312. The molecule has 2 unspecified atom stereocenters. The van der Waals surface area contributed by atoms with Crippen molar-refractivity contribution < 1.29 is 9.47 Å². The lowest BCUT2D eigenvalue weighted by molar-refractivity contribution is 0.351. The van der Waals surface area contributed by atoms with Gasteiger partial charge >= 0.3 is 0 Å². The number of hydrogen-bond donors (Lipinski definition) is 0. The minimum absolute atomic E-state index is 0.134. The summed E-state index contributed by atoms with van der Waals surface area (Å²) in [6, 6.07) is 10.00. The molecule has 0 aliphatic carbocycles. The molecule has 0 saturated carbocycles. The minimum Gasteiger partial charge on any atom is -0.493 e. The molecule has 0 aliphatic rings. The summed E-state index contributed by atoms with van der Waals surface area (Å²) in [5.41, 5.74) is 2.31. The Morgan fingerprint density at radius 2 is 1.75 bits per heavy atom. The molecule has 1 heterocycles. The highest BCUT2D eigenvalue weighted by Crippen LogP contribution is 2.44. The number of halogens is 1. The Balaban J connectivity index is 2.36. The number of hydrogen-bond acceptors (Lipinski definition) is 3. The molecule has 0 aliphatic heterocycles. The highest BCUT2D eigenvalue weighted by atomic mass is 79.9. The molecule has 20 heavy (non-hydrogen) atoms. The number of methoxy groups -OCH3 is 2. The second-order valence-corrected chi connectivity index (χ2v) is 5.54. The molecule has 1 aromatic carbocycles. The van der Waals surface area contributed by atoms with Crippen LogP contribution in [0.1, 0.15) is 28.8 Å². The van der Waals surface area contributed by atoms with Gasteiger partial charge in [0.25, 0.3) is 0 Å². The summed E-state index contributed by atoms with van der Waals surface area (Å²) >= 11 is 3.79. The zero-order valence-corrected chi connectivity index (χ0v) is 13.4. The van der Waals surface area contributed by atoms with Gasteiger partial charge in [0.15, 0.2) is 11.5 Å². The van der Waals surface area contributed by atoms with Crippen LogP contribution in [0.2, 0.25) is 0 Å². The van der Waals surface area contributed by atoms with Gasteiger partial charge in [0.1, 0.15) is 0 Å². The van der Waals surface area contributed by atoms with Gasteiger partial charge < -0.3 is 9.47 Å². The van der Waals surface area contributed by atoms with Crippen LogP contribution in [-0.2, 0) is 0 Å². The van der Waals surface area contributed by atoms with E-state index in [0.717, 1.165) is 17.1 Å². The molecule has 106 valence electrons. The molecule has 2 aromatic rings. The molecule has 2 atom stereocenters. The Labute approximate surface area is 128 Å². The van der Waals surface area contributed by atoms with Crippen LogP contribution in [0, 0.1) is 0 Å². The van der Waals surface area contributed by atoms with E-state index in [1.165, 1.54) is 5.56 Å². The molecule has 0 spiro atoms. The molecule has 0 bridgehead atoms. The van der Waals surface area contributed by atoms with Gasteiger partial charge in [-0.3, -0.25) is 4.98 Å². The normalized spacial score (nSPS) is 13.6. The lowest BCUT2D eigenvalue weighted by atomic mass is 9.93. The fourth-order valence-corrected chi connectivity index (χ4v) is 2.90. The third kappa shape index (κ3) is 2.96. The monoisotopic (exact) mass is 335 g/mol. The highest BCUT2D eigenvalue weighted by Gasteiger charge is 2.23. The van der Waals surface area contributed by atoms with E-state index in [1.807, 2.05) is 36.7 Å². The number of rotatable bonds is 5. The Morgan fingerprint density at radius 1 is 1.05 bits per heavy atom. The smallest absolute Gasteiger partial charge is 0.165 e. The molecule has 1 aromatic heterocycles. The average molecular weight is 336 g/mol. The molecular formula is C16H18BrNO2. The summed E-state index contributed by atoms with van der Waals surface area (Å²) in [4.78, 5) is 4.20. The van der Waals surface area contributed by atoms with Gasteiger partial charge in [-0.2, -0.15) is 0 Å². The van der Waals surface area contributed by atoms with Crippen molar-refractivity contribution in [3.05, 3.63) is 53.9 Å². The molecule has 0 saturated heterocycles. The van der Waals surface area contributed by atoms with E-state index in [0.29, 0.717) is 5.92 Å². The summed E-state index contributed by atoms with van der Waals surface area (Å²) in [5.74, 6) is 1.81. The fourth-order valence-electron chi connectivity index (χ4n) is 2.23. The van der Waals surface area contributed by atoms with Crippen molar-refractivity contribution >= 4 is 15.9 Å². The third-order valence-electron chi connectivity index (χ3n) is 3.40. The summed E-state index contributed by atoms with van der Waals surface area (Å²) in [5, 5.41) is 0. The number of aromatic nitrogens is 1. The van der Waals surface area contributed by atoms with Crippen molar-refractivity contribution in [3.8, 4) is 11.5 Å². The minimum atomic E-state index is 0.134. The first kappa shape index (κ1) is 14.9. The molecule has 4 heteroatoms. The highest BCUT2D eigenvalue weighted by molar-refractivity contribution is 9.09. The van der Waals surface area contributed by atoms with E-state index >= 15 is 0 Å².